The van der Waals surface area contributed by atoms with E-state index in [1.54, 1.807) is 23.4 Å². The standard InChI is InChI=1S/C18H18N6O2/c25-17-5-3-7-22(17)13-9-19-24(12-13)14-10-21(11-14)16-8-18(26)23-6-2-1-4-15(23)20-16/h1-2,4,6,8-9,12,14H,3,5,7,10-11H2. The van der Waals surface area contributed by atoms with Crippen LogP contribution in [0.5, 0.6) is 0 Å². The van der Waals surface area contributed by atoms with Crippen molar-refractivity contribution in [3.8, 4) is 0 Å². The van der Waals surface area contributed by atoms with Crippen LogP contribution in [0.15, 0.2) is 47.7 Å². The van der Waals surface area contributed by atoms with Crippen LogP contribution in [-0.4, -0.2) is 44.7 Å². The van der Waals surface area contributed by atoms with E-state index in [1.807, 2.05) is 29.1 Å². The molecule has 2 fully saturated rings. The summed E-state index contributed by atoms with van der Waals surface area (Å²) in [4.78, 5) is 32.5. The number of anilines is 2. The number of amides is 1. The lowest BCUT2D eigenvalue weighted by molar-refractivity contribution is -0.117. The zero-order valence-corrected chi connectivity index (χ0v) is 14.2. The van der Waals surface area contributed by atoms with Crippen molar-refractivity contribution >= 4 is 23.1 Å². The van der Waals surface area contributed by atoms with Gasteiger partial charge in [-0.3, -0.25) is 18.7 Å². The van der Waals surface area contributed by atoms with Gasteiger partial charge in [0.05, 0.1) is 17.9 Å². The number of nitrogens with zero attached hydrogens (tertiary/aromatic N) is 6. The minimum Gasteiger partial charge on any atom is -0.352 e. The molecule has 2 aliphatic heterocycles. The number of aromatic nitrogens is 4. The molecular weight excluding hydrogens is 332 g/mol. The highest BCUT2D eigenvalue weighted by Gasteiger charge is 2.31. The van der Waals surface area contributed by atoms with Gasteiger partial charge >= 0.3 is 0 Å². The Morgan fingerprint density at radius 3 is 2.85 bits per heavy atom. The molecule has 0 radical (unpaired) electrons. The van der Waals surface area contributed by atoms with Crippen molar-refractivity contribution in [3.05, 3.63) is 53.2 Å². The molecule has 26 heavy (non-hydrogen) atoms. The Morgan fingerprint density at radius 1 is 1.15 bits per heavy atom. The summed E-state index contributed by atoms with van der Waals surface area (Å²) in [7, 11) is 0. The van der Waals surface area contributed by atoms with Crippen molar-refractivity contribution in [2.75, 3.05) is 29.4 Å². The van der Waals surface area contributed by atoms with Crippen molar-refractivity contribution in [1.29, 1.82) is 0 Å². The van der Waals surface area contributed by atoms with Gasteiger partial charge in [-0.05, 0) is 18.6 Å². The fraction of sp³-hybridized carbons (Fsp3) is 0.333. The summed E-state index contributed by atoms with van der Waals surface area (Å²) in [6.45, 7) is 2.25. The first kappa shape index (κ1) is 15.1. The molecular formula is C18H18N6O2. The first-order valence-corrected chi connectivity index (χ1v) is 8.77. The summed E-state index contributed by atoms with van der Waals surface area (Å²) in [5.41, 5.74) is 1.43. The number of hydrogen-bond acceptors (Lipinski definition) is 5. The highest BCUT2D eigenvalue weighted by molar-refractivity contribution is 5.95. The van der Waals surface area contributed by atoms with Gasteiger partial charge in [-0.2, -0.15) is 5.10 Å². The van der Waals surface area contributed by atoms with E-state index in [-0.39, 0.29) is 17.5 Å². The van der Waals surface area contributed by atoms with Crippen molar-refractivity contribution in [3.63, 3.8) is 0 Å². The minimum atomic E-state index is -0.0806. The normalized spacial score (nSPS) is 17.9. The number of fused-ring (bicyclic) bond motifs is 1. The molecule has 3 aromatic rings. The van der Waals surface area contributed by atoms with Gasteiger partial charge in [-0.25, -0.2) is 4.98 Å². The molecule has 1 amide bonds. The van der Waals surface area contributed by atoms with E-state index in [2.05, 4.69) is 15.0 Å². The minimum absolute atomic E-state index is 0.0806. The predicted octanol–water partition coefficient (Wildman–Crippen LogP) is 1.08. The summed E-state index contributed by atoms with van der Waals surface area (Å²) in [6, 6.07) is 7.30. The third-order valence-electron chi connectivity index (χ3n) is 5.09. The quantitative estimate of drug-likeness (QED) is 0.707. The van der Waals surface area contributed by atoms with Crippen molar-refractivity contribution in [2.45, 2.75) is 18.9 Å². The lowest BCUT2D eigenvalue weighted by atomic mass is 10.1. The number of rotatable bonds is 3. The van der Waals surface area contributed by atoms with Gasteiger partial charge in [0.15, 0.2) is 0 Å². The fourth-order valence-electron chi connectivity index (χ4n) is 3.60. The molecule has 2 saturated heterocycles. The summed E-state index contributed by atoms with van der Waals surface area (Å²) in [5, 5.41) is 4.42. The molecule has 0 aromatic carbocycles. The third kappa shape index (κ3) is 2.37. The lowest BCUT2D eigenvalue weighted by Gasteiger charge is -2.40. The number of pyridine rings is 1. The molecule has 0 bridgehead atoms. The molecule has 2 aliphatic rings. The Kier molecular flexibility index (Phi) is 3.31. The van der Waals surface area contributed by atoms with Crippen molar-refractivity contribution < 1.29 is 4.79 Å². The van der Waals surface area contributed by atoms with Crippen LogP contribution in [0, 0.1) is 0 Å². The van der Waals surface area contributed by atoms with Gasteiger partial charge < -0.3 is 9.80 Å². The molecule has 0 saturated carbocycles. The second-order valence-electron chi connectivity index (χ2n) is 6.77. The Bertz CT molecular complexity index is 1050. The molecule has 0 N–H and O–H groups in total. The van der Waals surface area contributed by atoms with Crippen LogP contribution in [0.4, 0.5) is 11.5 Å². The highest BCUT2D eigenvalue weighted by Crippen LogP contribution is 2.28. The van der Waals surface area contributed by atoms with Crippen LogP contribution in [-0.2, 0) is 4.79 Å². The van der Waals surface area contributed by atoms with E-state index in [0.29, 0.717) is 17.9 Å². The first-order valence-electron chi connectivity index (χ1n) is 8.77. The number of hydrogen-bond donors (Lipinski definition) is 0. The molecule has 0 unspecified atom stereocenters. The summed E-state index contributed by atoms with van der Waals surface area (Å²) < 4.78 is 3.44. The fourth-order valence-corrected chi connectivity index (χ4v) is 3.60. The zero-order chi connectivity index (χ0) is 17.7. The van der Waals surface area contributed by atoms with Crippen LogP contribution in [0.1, 0.15) is 18.9 Å². The maximum atomic E-state index is 12.2. The molecule has 3 aromatic heterocycles. The van der Waals surface area contributed by atoms with Crippen molar-refractivity contribution in [2.24, 2.45) is 0 Å². The molecule has 8 nitrogen and oxygen atoms in total. The molecule has 0 atom stereocenters. The molecule has 132 valence electrons. The second-order valence-corrected chi connectivity index (χ2v) is 6.77. The van der Waals surface area contributed by atoms with Gasteiger partial charge in [0.1, 0.15) is 11.5 Å². The predicted molar refractivity (Wildman–Crippen MR) is 96.5 cm³/mol. The molecule has 0 spiro atoms. The molecule has 5 rings (SSSR count). The van der Waals surface area contributed by atoms with Crippen LogP contribution in [0.2, 0.25) is 0 Å². The van der Waals surface area contributed by atoms with E-state index >= 15 is 0 Å². The van der Waals surface area contributed by atoms with E-state index in [9.17, 15) is 9.59 Å². The average Bonchev–Trinajstić information content (AvgIpc) is 3.22. The SMILES string of the molecule is O=C1CCCN1c1cnn(C2CN(c3cc(=O)n4ccccc4n3)C2)c1. The monoisotopic (exact) mass is 350 g/mol. The molecule has 5 heterocycles. The van der Waals surface area contributed by atoms with Gasteiger partial charge in [-0.1, -0.05) is 6.07 Å². The van der Waals surface area contributed by atoms with Crippen LogP contribution < -0.4 is 15.4 Å². The van der Waals surface area contributed by atoms with E-state index in [4.69, 9.17) is 0 Å². The molecule has 8 heteroatoms. The maximum Gasteiger partial charge on any atom is 0.259 e. The first-order chi connectivity index (χ1) is 12.7. The van der Waals surface area contributed by atoms with Crippen LogP contribution in [0.3, 0.4) is 0 Å². The second kappa shape index (κ2) is 5.69. The zero-order valence-electron chi connectivity index (χ0n) is 14.2. The van der Waals surface area contributed by atoms with Gasteiger partial charge in [0.2, 0.25) is 5.91 Å². The summed E-state index contributed by atoms with van der Waals surface area (Å²) in [6.07, 6.45) is 6.94. The summed E-state index contributed by atoms with van der Waals surface area (Å²) in [5.74, 6) is 0.861. The molecule has 0 aliphatic carbocycles. The number of carbonyl (C=O) groups excluding carboxylic acids is 1. The number of carbonyl (C=O) groups is 1. The Morgan fingerprint density at radius 2 is 2.04 bits per heavy atom. The van der Waals surface area contributed by atoms with Gasteiger partial charge in [-0.15, -0.1) is 0 Å². The van der Waals surface area contributed by atoms with Crippen LogP contribution in [0.25, 0.3) is 5.65 Å². The Balaban J connectivity index is 1.33. The maximum absolute atomic E-state index is 12.2. The van der Waals surface area contributed by atoms with Crippen molar-refractivity contribution in [1.82, 2.24) is 19.2 Å². The van der Waals surface area contributed by atoms with Gasteiger partial charge in [0.25, 0.3) is 5.56 Å². The van der Waals surface area contributed by atoms with Crippen LogP contribution >= 0.6 is 0 Å². The van der Waals surface area contributed by atoms with E-state index in [1.165, 1.54) is 4.40 Å². The Hall–Kier alpha value is -3.16. The highest BCUT2D eigenvalue weighted by atomic mass is 16.2. The van der Waals surface area contributed by atoms with E-state index < -0.39 is 0 Å². The van der Waals surface area contributed by atoms with Gasteiger partial charge in [0, 0.05) is 44.5 Å². The van der Waals surface area contributed by atoms with E-state index in [0.717, 1.165) is 31.7 Å². The lowest BCUT2D eigenvalue weighted by Crippen LogP contribution is -2.48. The Labute approximate surface area is 149 Å². The smallest absolute Gasteiger partial charge is 0.259 e. The average molecular weight is 350 g/mol. The largest absolute Gasteiger partial charge is 0.352 e. The third-order valence-corrected chi connectivity index (χ3v) is 5.09. The summed E-state index contributed by atoms with van der Waals surface area (Å²) >= 11 is 0. The topological polar surface area (TPSA) is 75.7 Å².